The Morgan fingerprint density at radius 1 is 1.18 bits per heavy atom. The molecule has 22 heavy (non-hydrogen) atoms. The molecule has 2 aliphatic rings. The molecular weight excluding hydrogens is 282 g/mol. The third kappa shape index (κ3) is 3.66. The van der Waals surface area contributed by atoms with Crippen molar-refractivity contribution in [2.24, 2.45) is 5.92 Å². The predicted octanol–water partition coefficient (Wildman–Crippen LogP) is 3.50. The summed E-state index contributed by atoms with van der Waals surface area (Å²) in [4.78, 5) is 1.89. The van der Waals surface area contributed by atoms with Crippen molar-refractivity contribution in [3.63, 3.8) is 0 Å². The average Bonchev–Trinajstić information content (AvgIpc) is 2.52. The molecule has 0 bridgehead atoms. The van der Waals surface area contributed by atoms with Crippen LogP contribution < -0.4 is 5.32 Å². The molecule has 2 nitrogen and oxygen atoms in total. The molecule has 1 saturated carbocycles. The van der Waals surface area contributed by atoms with Gasteiger partial charge in [0.05, 0.1) is 6.54 Å². The number of rotatable bonds is 5. The quantitative estimate of drug-likeness (QED) is 0.895. The molecule has 0 unspecified atom stereocenters. The van der Waals surface area contributed by atoms with Crippen LogP contribution in [0.15, 0.2) is 30.3 Å². The fraction of sp³-hybridized carbons (Fsp3) is 0.667. The topological polar surface area (TPSA) is 15.3 Å². The van der Waals surface area contributed by atoms with E-state index in [1.54, 1.807) is 0 Å². The number of benzene rings is 1. The van der Waals surface area contributed by atoms with Crippen molar-refractivity contribution in [1.29, 1.82) is 0 Å². The van der Waals surface area contributed by atoms with Crippen LogP contribution in [0.1, 0.15) is 37.7 Å². The molecule has 2 fully saturated rings. The SMILES string of the molecule is C[C@@H]1[C@@H](NC2CCN(CC(F)F)CC2)C[C@@H]1c1ccccc1. The molecule has 3 rings (SSSR count). The van der Waals surface area contributed by atoms with Crippen molar-refractivity contribution >= 4 is 0 Å². The maximum absolute atomic E-state index is 12.4. The van der Waals surface area contributed by atoms with Gasteiger partial charge < -0.3 is 5.32 Å². The highest BCUT2D eigenvalue weighted by atomic mass is 19.3. The second-order valence-corrected chi connectivity index (χ2v) is 6.85. The Morgan fingerprint density at radius 2 is 1.86 bits per heavy atom. The highest BCUT2D eigenvalue weighted by Crippen LogP contribution is 2.42. The first kappa shape index (κ1) is 15.9. The molecule has 122 valence electrons. The monoisotopic (exact) mass is 308 g/mol. The van der Waals surface area contributed by atoms with Crippen molar-refractivity contribution in [2.45, 2.75) is 50.6 Å². The van der Waals surface area contributed by atoms with Gasteiger partial charge >= 0.3 is 0 Å². The van der Waals surface area contributed by atoms with E-state index in [2.05, 4.69) is 42.6 Å². The first-order chi connectivity index (χ1) is 10.6. The van der Waals surface area contributed by atoms with Crippen LogP contribution in [0.2, 0.25) is 0 Å². The molecule has 4 heteroatoms. The van der Waals surface area contributed by atoms with Crippen LogP contribution in [0.3, 0.4) is 0 Å². The molecule has 1 heterocycles. The van der Waals surface area contributed by atoms with Crippen molar-refractivity contribution in [3.8, 4) is 0 Å². The highest BCUT2D eigenvalue weighted by Gasteiger charge is 2.39. The number of halogens is 2. The van der Waals surface area contributed by atoms with Gasteiger partial charge in [-0.3, -0.25) is 4.90 Å². The van der Waals surface area contributed by atoms with Gasteiger partial charge in [0.25, 0.3) is 6.43 Å². The smallest absolute Gasteiger partial charge is 0.251 e. The van der Waals surface area contributed by atoms with Gasteiger partial charge in [0.1, 0.15) is 0 Å². The summed E-state index contributed by atoms with van der Waals surface area (Å²) in [5, 5.41) is 3.76. The van der Waals surface area contributed by atoms with Crippen LogP contribution in [0, 0.1) is 5.92 Å². The molecule has 1 saturated heterocycles. The van der Waals surface area contributed by atoms with Crippen LogP contribution in [0.5, 0.6) is 0 Å². The summed E-state index contributed by atoms with van der Waals surface area (Å²) < 4.78 is 24.8. The zero-order valence-corrected chi connectivity index (χ0v) is 13.2. The number of piperidine rings is 1. The molecule has 1 aliphatic heterocycles. The van der Waals surface area contributed by atoms with E-state index in [0.717, 1.165) is 25.9 Å². The summed E-state index contributed by atoms with van der Waals surface area (Å²) in [5.41, 5.74) is 1.44. The molecule has 1 aromatic rings. The molecule has 1 aromatic carbocycles. The van der Waals surface area contributed by atoms with Crippen molar-refractivity contribution in [3.05, 3.63) is 35.9 Å². The summed E-state index contributed by atoms with van der Waals surface area (Å²) in [6, 6.07) is 11.8. The zero-order valence-electron chi connectivity index (χ0n) is 13.2. The number of alkyl halides is 2. The minimum absolute atomic E-state index is 0.0668. The molecule has 0 spiro atoms. The Labute approximate surface area is 131 Å². The molecule has 0 aromatic heterocycles. The van der Waals surface area contributed by atoms with E-state index in [9.17, 15) is 8.78 Å². The van der Waals surface area contributed by atoms with Crippen LogP contribution in [0.4, 0.5) is 8.78 Å². The number of nitrogens with one attached hydrogen (secondary N) is 1. The second kappa shape index (κ2) is 7.05. The Morgan fingerprint density at radius 3 is 2.45 bits per heavy atom. The Kier molecular flexibility index (Phi) is 5.09. The zero-order chi connectivity index (χ0) is 15.5. The normalized spacial score (nSPS) is 30.5. The summed E-state index contributed by atoms with van der Waals surface area (Å²) in [5.74, 6) is 1.32. The lowest BCUT2D eigenvalue weighted by molar-refractivity contribution is 0.0668. The maximum Gasteiger partial charge on any atom is 0.251 e. The molecular formula is C18H26F2N2. The van der Waals surface area contributed by atoms with E-state index in [-0.39, 0.29) is 6.54 Å². The first-order valence-electron chi connectivity index (χ1n) is 8.45. The van der Waals surface area contributed by atoms with Gasteiger partial charge in [-0.1, -0.05) is 37.3 Å². The van der Waals surface area contributed by atoms with Gasteiger partial charge in [0.2, 0.25) is 0 Å². The lowest BCUT2D eigenvalue weighted by Crippen LogP contribution is -2.54. The van der Waals surface area contributed by atoms with Crippen LogP contribution in [0.25, 0.3) is 0 Å². The van der Waals surface area contributed by atoms with E-state index >= 15 is 0 Å². The van der Waals surface area contributed by atoms with Gasteiger partial charge in [0.15, 0.2) is 0 Å². The number of likely N-dealkylation sites (tertiary alicyclic amines) is 1. The van der Waals surface area contributed by atoms with Crippen LogP contribution in [-0.2, 0) is 0 Å². The van der Waals surface area contributed by atoms with Crippen LogP contribution >= 0.6 is 0 Å². The van der Waals surface area contributed by atoms with Crippen molar-refractivity contribution < 1.29 is 8.78 Å². The third-order valence-electron chi connectivity index (χ3n) is 5.44. The summed E-state index contributed by atoms with van der Waals surface area (Å²) in [6.45, 7) is 3.85. The van der Waals surface area contributed by atoms with Gasteiger partial charge in [-0.15, -0.1) is 0 Å². The molecule has 0 amide bonds. The fourth-order valence-electron chi connectivity index (χ4n) is 3.93. The van der Waals surface area contributed by atoms with E-state index < -0.39 is 6.43 Å². The molecule has 3 atom stereocenters. The maximum atomic E-state index is 12.4. The number of nitrogens with zero attached hydrogens (tertiary/aromatic N) is 1. The van der Waals surface area contributed by atoms with Gasteiger partial charge in [-0.2, -0.15) is 0 Å². The molecule has 0 radical (unpaired) electrons. The van der Waals surface area contributed by atoms with E-state index in [0.29, 0.717) is 23.9 Å². The lowest BCUT2D eigenvalue weighted by atomic mass is 9.67. The van der Waals surface area contributed by atoms with E-state index in [1.807, 2.05) is 4.90 Å². The summed E-state index contributed by atoms with van der Waals surface area (Å²) in [6.07, 6.45) is 0.975. The van der Waals surface area contributed by atoms with Crippen LogP contribution in [-0.4, -0.2) is 43.0 Å². The summed E-state index contributed by atoms with van der Waals surface area (Å²) in [7, 11) is 0. The fourth-order valence-corrected chi connectivity index (χ4v) is 3.93. The van der Waals surface area contributed by atoms with Gasteiger partial charge in [-0.25, -0.2) is 8.78 Å². The first-order valence-corrected chi connectivity index (χ1v) is 8.45. The lowest BCUT2D eigenvalue weighted by Gasteiger charge is -2.46. The minimum Gasteiger partial charge on any atom is -0.311 e. The summed E-state index contributed by atoms with van der Waals surface area (Å²) >= 11 is 0. The van der Waals surface area contributed by atoms with Crippen molar-refractivity contribution in [2.75, 3.05) is 19.6 Å². The standard InChI is InChI=1S/C18H26F2N2/c1-13-16(14-5-3-2-4-6-14)11-17(13)21-15-7-9-22(10-8-15)12-18(19)20/h2-6,13,15-18,21H,7-12H2,1H3/t13-,16-,17-/m0/s1. The van der Waals surface area contributed by atoms with E-state index in [1.165, 1.54) is 12.0 Å². The Bertz CT molecular complexity index is 457. The molecule has 1 aliphatic carbocycles. The van der Waals surface area contributed by atoms with Gasteiger partial charge in [0, 0.05) is 12.1 Å². The third-order valence-corrected chi connectivity index (χ3v) is 5.44. The number of hydrogen-bond donors (Lipinski definition) is 1. The average molecular weight is 308 g/mol. The van der Waals surface area contributed by atoms with E-state index in [4.69, 9.17) is 0 Å². The Hall–Kier alpha value is -1.00. The predicted molar refractivity (Wildman–Crippen MR) is 85.4 cm³/mol. The second-order valence-electron chi connectivity index (χ2n) is 6.85. The largest absolute Gasteiger partial charge is 0.311 e. The minimum atomic E-state index is -2.21. The Balaban J connectivity index is 1.42. The molecule has 1 N–H and O–H groups in total. The number of hydrogen-bond acceptors (Lipinski definition) is 2. The van der Waals surface area contributed by atoms with Gasteiger partial charge in [-0.05, 0) is 49.8 Å². The highest BCUT2D eigenvalue weighted by molar-refractivity contribution is 5.24. The van der Waals surface area contributed by atoms with Crippen molar-refractivity contribution in [1.82, 2.24) is 10.2 Å².